The van der Waals surface area contributed by atoms with Crippen LogP contribution in [0.25, 0.3) is 10.2 Å². The normalized spacial score (nSPS) is 10.2. The highest BCUT2D eigenvalue weighted by Gasteiger charge is 2.10. The number of carbonyl (C=O) groups is 1. The summed E-state index contributed by atoms with van der Waals surface area (Å²) in [5.74, 6) is -0.381. The third kappa shape index (κ3) is 2.24. The number of aryl methyl sites for hydroxylation is 1. The highest BCUT2D eigenvalue weighted by Crippen LogP contribution is 2.19. The van der Waals surface area contributed by atoms with E-state index in [9.17, 15) is 9.59 Å². The van der Waals surface area contributed by atoms with E-state index in [0.29, 0.717) is 10.2 Å². The van der Waals surface area contributed by atoms with Crippen molar-refractivity contribution in [3.63, 3.8) is 0 Å². The minimum atomic E-state index is -0.381. The first-order valence-electron chi connectivity index (χ1n) is 5.20. The molecule has 0 atom stereocenters. The van der Waals surface area contributed by atoms with Gasteiger partial charge in [0.15, 0.2) is 0 Å². The van der Waals surface area contributed by atoms with Crippen LogP contribution in [0.1, 0.15) is 5.56 Å². The molecule has 0 aliphatic heterocycles. The molecule has 2 aromatic heterocycles. The molecule has 0 spiro atoms. The molecule has 92 valence electrons. The molecule has 0 aliphatic carbocycles. The van der Waals surface area contributed by atoms with Gasteiger partial charge in [-0.05, 0) is 17.9 Å². The van der Waals surface area contributed by atoms with Gasteiger partial charge >= 0.3 is 0 Å². The van der Waals surface area contributed by atoms with E-state index in [4.69, 9.17) is 5.26 Å². The highest BCUT2D eigenvalue weighted by atomic mass is 32.1. The van der Waals surface area contributed by atoms with Gasteiger partial charge in [-0.15, -0.1) is 11.3 Å². The lowest BCUT2D eigenvalue weighted by Gasteiger charge is -2.04. The SMILES string of the molecule is Cc1csc2c(=O)n(CC(=O)NCC#N)cnc12. The van der Waals surface area contributed by atoms with Gasteiger partial charge in [0.1, 0.15) is 17.8 Å². The van der Waals surface area contributed by atoms with Crippen LogP contribution in [0.3, 0.4) is 0 Å². The molecule has 18 heavy (non-hydrogen) atoms. The Kier molecular flexibility index (Phi) is 3.39. The topological polar surface area (TPSA) is 87.8 Å². The van der Waals surface area contributed by atoms with Gasteiger partial charge in [0.2, 0.25) is 5.91 Å². The van der Waals surface area contributed by atoms with E-state index < -0.39 is 0 Å². The molecular formula is C11H10N4O2S. The van der Waals surface area contributed by atoms with E-state index in [0.717, 1.165) is 5.56 Å². The van der Waals surface area contributed by atoms with Crippen LogP contribution in [-0.4, -0.2) is 22.0 Å². The van der Waals surface area contributed by atoms with Gasteiger partial charge in [-0.25, -0.2) is 4.98 Å². The Balaban J connectivity index is 2.30. The molecule has 0 saturated heterocycles. The summed E-state index contributed by atoms with van der Waals surface area (Å²) in [4.78, 5) is 27.6. The fraction of sp³-hybridized carbons (Fsp3) is 0.273. The van der Waals surface area contributed by atoms with Crippen LogP contribution in [0.15, 0.2) is 16.5 Å². The molecule has 0 fully saturated rings. The smallest absolute Gasteiger partial charge is 0.271 e. The predicted molar refractivity (Wildman–Crippen MR) is 67.2 cm³/mol. The fourth-order valence-electron chi connectivity index (χ4n) is 1.52. The molecular weight excluding hydrogens is 252 g/mol. The lowest BCUT2D eigenvalue weighted by Crippen LogP contribution is -2.32. The monoisotopic (exact) mass is 262 g/mol. The van der Waals surface area contributed by atoms with Gasteiger partial charge in [0.25, 0.3) is 5.56 Å². The molecule has 0 aromatic carbocycles. The number of carbonyl (C=O) groups excluding carboxylic acids is 1. The summed E-state index contributed by atoms with van der Waals surface area (Å²) in [5, 5.41) is 12.6. The maximum absolute atomic E-state index is 12.0. The van der Waals surface area contributed by atoms with E-state index in [2.05, 4.69) is 10.3 Å². The summed E-state index contributed by atoms with van der Waals surface area (Å²) in [6.07, 6.45) is 1.36. The van der Waals surface area contributed by atoms with Crippen LogP contribution in [0.4, 0.5) is 0 Å². The summed E-state index contributed by atoms with van der Waals surface area (Å²) in [5.41, 5.74) is 1.40. The number of nitrogens with zero attached hydrogens (tertiary/aromatic N) is 3. The van der Waals surface area contributed by atoms with E-state index in [-0.39, 0.29) is 24.6 Å². The second-order valence-electron chi connectivity index (χ2n) is 3.71. The van der Waals surface area contributed by atoms with Crippen LogP contribution in [0, 0.1) is 18.3 Å². The van der Waals surface area contributed by atoms with Gasteiger partial charge in [-0.1, -0.05) is 0 Å². The first-order valence-corrected chi connectivity index (χ1v) is 6.08. The molecule has 0 saturated carbocycles. The first kappa shape index (κ1) is 12.3. The van der Waals surface area contributed by atoms with Crippen LogP contribution in [-0.2, 0) is 11.3 Å². The second kappa shape index (κ2) is 4.98. The summed E-state index contributed by atoms with van der Waals surface area (Å²) >= 11 is 1.32. The lowest BCUT2D eigenvalue weighted by atomic mass is 10.3. The molecule has 6 nitrogen and oxygen atoms in total. The summed E-state index contributed by atoms with van der Waals surface area (Å²) in [6.45, 7) is 1.69. The van der Waals surface area contributed by atoms with Gasteiger partial charge in [0, 0.05) is 0 Å². The van der Waals surface area contributed by atoms with Crippen molar-refractivity contribution in [2.24, 2.45) is 0 Å². The van der Waals surface area contributed by atoms with Crippen molar-refractivity contribution < 1.29 is 4.79 Å². The van der Waals surface area contributed by atoms with Crippen LogP contribution >= 0.6 is 11.3 Å². The molecule has 1 N–H and O–H groups in total. The summed E-state index contributed by atoms with van der Waals surface area (Å²) in [6, 6.07) is 1.80. The minimum absolute atomic E-state index is 0.0681. The van der Waals surface area contributed by atoms with Crippen LogP contribution in [0.2, 0.25) is 0 Å². The third-order valence-electron chi connectivity index (χ3n) is 2.40. The summed E-state index contributed by atoms with van der Waals surface area (Å²) in [7, 11) is 0. The number of hydrogen-bond acceptors (Lipinski definition) is 5. The molecule has 0 bridgehead atoms. The number of rotatable bonds is 3. The van der Waals surface area contributed by atoms with Crippen LogP contribution < -0.4 is 10.9 Å². The average molecular weight is 262 g/mol. The van der Waals surface area contributed by atoms with E-state index >= 15 is 0 Å². The zero-order chi connectivity index (χ0) is 13.1. The maximum Gasteiger partial charge on any atom is 0.271 e. The largest absolute Gasteiger partial charge is 0.341 e. The number of amides is 1. The minimum Gasteiger partial charge on any atom is -0.341 e. The zero-order valence-corrected chi connectivity index (χ0v) is 10.5. The van der Waals surface area contributed by atoms with Crippen molar-refractivity contribution >= 4 is 27.5 Å². The Labute approximate surface area is 106 Å². The van der Waals surface area contributed by atoms with Gasteiger partial charge in [0.05, 0.1) is 17.9 Å². The van der Waals surface area contributed by atoms with Crippen LogP contribution in [0.5, 0.6) is 0 Å². The number of nitriles is 1. The Morgan fingerprint density at radius 3 is 3.17 bits per heavy atom. The number of thiophene rings is 1. The first-order chi connectivity index (χ1) is 8.63. The molecule has 0 aliphatic rings. The number of nitrogens with one attached hydrogen (secondary N) is 1. The van der Waals surface area contributed by atoms with Gasteiger partial charge in [-0.2, -0.15) is 5.26 Å². The van der Waals surface area contributed by atoms with Crippen molar-refractivity contribution in [3.05, 3.63) is 27.6 Å². The Hall–Kier alpha value is -2.20. The Morgan fingerprint density at radius 1 is 1.67 bits per heavy atom. The molecule has 7 heteroatoms. The molecule has 2 heterocycles. The van der Waals surface area contributed by atoms with Crippen molar-refractivity contribution in [3.8, 4) is 6.07 Å². The molecule has 0 unspecified atom stereocenters. The van der Waals surface area contributed by atoms with Crippen molar-refractivity contribution in [2.45, 2.75) is 13.5 Å². The van der Waals surface area contributed by atoms with Crippen molar-refractivity contribution in [2.75, 3.05) is 6.54 Å². The average Bonchev–Trinajstić information content (AvgIpc) is 2.73. The van der Waals surface area contributed by atoms with Gasteiger partial charge < -0.3 is 5.32 Å². The molecule has 2 aromatic rings. The van der Waals surface area contributed by atoms with Gasteiger partial charge in [-0.3, -0.25) is 14.2 Å². The van der Waals surface area contributed by atoms with Crippen molar-refractivity contribution in [1.29, 1.82) is 5.26 Å². The standard InChI is InChI=1S/C11H10N4O2S/c1-7-5-18-10-9(7)14-6-15(11(10)17)4-8(16)13-3-2-12/h5-6H,3-4H2,1H3,(H,13,16). The second-order valence-corrected chi connectivity index (χ2v) is 4.59. The lowest BCUT2D eigenvalue weighted by molar-refractivity contribution is -0.121. The Bertz CT molecular complexity index is 695. The zero-order valence-electron chi connectivity index (χ0n) is 9.64. The third-order valence-corrected chi connectivity index (χ3v) is 3.48. The molecule has 1 amide bonds. The quantitative estimate of drug-likeness (QED) is 0.811. The number of fused-ring (bicyclic) bond motifs is 1. The molecule has 2 rings (SSSR count). The van der Waals surface area contributed by atoms with Crippen molar-refractivity contribution in [1.82, 2.24) is 14.9 Å². The maximum atomic E-state index is 12.0. The van der Waals surface area contributed by atoms with E-state index in [1.165, 1.54) is 22.2 Å². The van der Waals surface area contributed by atoms with E-state index in [1.807, 2.05) is 12.3 Å². The highest BCUT2D eigenvalue weighted by molar-refractivity contribution is 7.17. The predicted octanol–water partition coefficient (Wildman–Crippen LogP) is 0.406. The molecule has 0 radical (unpaired) electrons. The number of aromatic nitrogens is 2. The number of hydrogen-bond donors (Lipinski definition) is 1. The fourth-order valence-corrected chi connectivity index (χ4v) is 2.47. The Morgan fingerprint density at radius 2 is 2.44 bits per heavy atom. The van der Waals surface area contributed by atoms with E-state index in [1.54, 1.807) is 6.07 Å². The summed E-state index contributed by atoms with van der Waals surface area (Å²) < 4.78 is 1.79.